The minimum Gasteiger partial charge on any atom is -0.393 e. The lowest BCUT2D eigenvalue weighted by molar-refractivity contribution is 0.0347. The molecule has 18 heavy (non-hydrogen) atoms. The Labute approximate surface area is 109 Å². The van der Waals surface area contributed by atoms with E-state index >= 15 is 0 Å². The third-order valence-electron chi connectivity index (χ3n) is 4.63. The molecule has 1 aromatic carbocycles. The van der Waals surface area contributed by atoms with Crippen LogP contribution in [0.4, 0.5) is 0 Å². The summed E-state index contributed by atoms with van der Waals surface area (Å²) < 4.78 is 0. The summed E-state index contributed by atoms with van der Waals surface area (Å²) in [4.78, 5) is 0. The first-order valence-corrected chi connectivity index (χ1v) is 7.28. The summed E-state index contributed by atoms with van der Waals surface area (Å²) in [5, 5.41) is 14.1. The van der Waals surface area contributed by atoms with Gasteiger partial charge in [-0.2, -0.15) is 0 Å². The Balaban J connectivity index is 1.80. The zero-order valence-electron chi connectivity index (χ0n) is 10.9. The third-order valence-corrected chi connectivity index (χ3v) is 4.63. The predicted octanol–water partition coefficient (Wildman–Crippen LogP) is 3.17. The summed E-state index contributed by atoms with van der Waals surface area (Å²) in [5.74, 6) is 0. The first kappa shape index (κ1) is 12.2. The van der Waals surface area contributed by atoms with Crippen molar-refractivity contribution in [3.8, 4) is 0 Å². The van der Waals surface area contributed by atoms with Gasteiger partial charge >= 0.3 is 0 Å². The molecule has 2 aliphatic rings. The van der Waals surface area contributed by atoms with E-state index in [9.17, 15) is 5.11 Å². The van der Waals surface area contributed by atoms with Crippen LogP contribution in [0.2, 0.25) is 0 Å². The second kappa shape index (κ2) is 5.02. The van der Waals surface area contributed by atoms with Crippen molar-refractivity contribution in [1.29, 1.82) is 0 Å². The van der Waals surface area contributed by atoms with Crippen LogP contribution in [-0.4, -0.2) is 16.7 Å². The molecule has 0 aromatic heterocycles. The van der Waals surface area contributed by atoms with Gasteiger partial charge in [-0.1, -0.05) is 49.6 Å². The van der Waals surface area contributed by atoms with Crippen molar-refractivity contribution in [1.82, 2.24) is 5.32 Å². The van der Waals surface area contributed by atoms with E-state index < -0.39 is 0 Å². The van der Waals surface area contributed by atoms with Crippen LogP contribution in [0.3, 0.4) is 0 Å². The summed E-state index contributed by atoms with van der Waals surface area (Å²) in [5.41, 5.74) is 1.53. The molecule has 0 radical (unpaired) electrons. The first-order chi connectivity index (χ1) is 8.77. The van der Waals surface area contributed by atoms with Gasteiger partial charge in [-0.3, -0.25) is 0 Å². The van der Waals surface area contributed by atoms with Crippen molar-refractivity contribution >= 4 is 0 Å². The van der Waals surface area contributed by atoms with E-state index in [4.69, 9.17) is 0 Å². The Hall–Kier alpha value is -0.860. The number of rotatable bonds is 1. The maximum atomic E-state index is 10.2. The number of aliphatic hydroxyl groups excluding tert-OH is 1. The van der Waals surface area contributed by atoms with E-state index in [0.717, 1.165) is 12.8 Å². The molecule has 3 rings (SSSR count). The Kier molecular flexibility index (Phi) is 3.40. The minimum atomic E-state index is -0.144. The van der Waals surface area contributed by atoms with Gasteiger partial charge in [-0.05, 0) is 31.2 Å². The number of aliphatic hydroxyl groups is 1. The molecule has 98 valence electrons. The lowest BCUT2D eigenvalue weighted by Gasteiger charge is -2.47. The molecule has 1 heterocycles. The fourth-order valence-corrected chi connectivity index (χ4v) is 3.78. The largest absolute Gasteiger partial charge is 0.393 e. The highest BCUT2D eigenvalue weighted by Gasteiger charge is 2.40. The molecular formula is C16H23NO. The first-order valence-electron chi connectivity index (χ1n) is 7.28. The van der Waals surface area contributed by atoms with Gasteiger partial charge in [-0.25, -0.2) is 0 Å². The van der Waals surface area contributed by atoms with Crippen LogP contribution in [0.1, 0.15) is 56.6 Å². The lowest BCUT2D eigenvalue weighted by Crippen LogP contribution is -2.54. The van der Waals surface area contributed by atoms with E-state index in [2.05, 4.69) is 35.6 Å². The molecule has 1 aliphatic heterocycles. The van der Waals surface area contributed by atoms with Gasteiger partial charge in [0.2, 0.25) is 0 Å². The molecule has 2 N–H and O–H groups in total. The number of hydrogen-bond acceptors (Lipinski definition) is 2. The van der Waals surface area contributed by atoms with Crippen molar-refractivity contribution < 1.29 is 5.11 Å². The second-order valence-corrected chi connectivity index (χ2v) is 6.04. The lowest BCUT2D eigenvalue weighted by atomic mass is 9.73. The van der Waals surface area contributed by atoms with Gasteiger partial charge < -0.3 is 10.4 Å². The predicted molar refractivity (Wildman–Crippen MR) is 73.4 cm³/mol. The molecule has 2 heteroatoms. The third kappa shape index (κ3) is 2.45. The molecule has 0 unspecified atom stereocenters. The number of hydrogen-bond donors (Lipinski definition) is 2. The zero-order valence-corrected chi connectivity index (χ0v) is 10.9. The second-order valence-electron chi connectivity index (χ2n) is 6.04. The highest BCUT2D eigenvalue weighted by atomic mass is 16.3. The van der Waals surface area contributed by atoms with Gasteiger partial charge in [0.15, 0.2) is 0 Å². The normalized spacial score (nSPS) is 31.4. The van der Waals surface area contributed by atoms with Crippen molar-refractivity contribution in [2.45, 2.75) is 62.6 Å². The highest BCUT2D eigenvalue weighted by molar-refractivity contribution is 5.21. The topological polar surface area (TPSA) is 32.3 Å². The van der Waals surface area contributed by atoms with Crippen LogP contribution < -0.4 is 5.32 Å². The summed E-state index contributed by atoms with van der Waals surface area (Å²) in [6, 6.07) is 10.9. The zero-order chi connectivity index (χ0) is 12.4. The minimum absolute atomic E-state index is 0.144. The fourth-order valence-electron chi connectivity index (χ4n) is 3.78. The van der Waals surface area contributed by atoms with Crippen molar-refractivity contribution in [2.24, 2.45) is 0 Å². The molecule has 2 atom stereocenters. The van der Waals surface area contributed by atoms with Crippen LogP contribution in [0, 0.1) is 0 Å². The fraction of sp³-hybridized carbons (Fsp3) is 0.625. The molecule has 1 saturated heterocycles. The average Bonchev–Trinajstić information content (AvgIpc) is 2.40. The maximum absolute atomic E-state index is 10.2. The van der Waals surface area contributed by atoms with E-state index in [1.54, 1.807) is 0 Å². The summed E-state index contributed by atoms with van der Waals surface area (Å²) >= 11 is 0. The molecule has 2 fully saturated rings. The number of nitrogens with one attached hydrogen (secondary N) is 1. The van der Waals surface area contributed by atoms with Gasteiger partial charge in [0.25, 0.3) is 0 Å². The van der Waals surface area contributed by atoms with E-state index in [1.165, 1.54) is 37.7 Å². The van der Waals surface area contributed by atoms with Gasteiger partial charge in [0, 0.05) is 11.6 Å². The number of benzene rings is 1. The molecule has 2 nitrogen and oxygen atoms in total. The monoisotopic (exact) mass is 245 g/mol. The molecule has 1 spiro atoms. The van der Waals surface area contributed by atoms with Crippen LogP contribution in [0.5, 0.6) is 0 Å². The van der Waals surface area contributed by atoms with Crippen molar-refractivity contribution in [3.63, 3.8) is 0 Å². The van der Waals surface area contributed by atoms with Gasteiger partial charge in [-0.15, -0.1) is 0 Å². The molecule has 1 aromatic rings. The number of piperidine rings is 1. The molecule has 0 bridgehead atoms. The van der Waals surface area contributed by atoms with E-state index in [0.29, 0.717) is 6.04 Å². The quantitative estimate of drug-likeness (QED) is 0.796. The molecule has 0 amide bonds. The highest BCUT2D eigenvalue weighted by Crippen LogP contribution is 2.39. The summed E-state index contributed by atoms with van der Waals surface area (Å²) in [6.07, 6.45) is 8.08. The van der Waals surface area contributed by atoms with E-state index in [1.807, 2.05) is 0 Å². The smallest absolute Gasteiger partial charge is 0.0576 e. The van der Waals surface area contributed by atoms with Crippen molar-refractivity contribution in [3.05, 3.63) is 35.9 Å². The average molecular weight is 245 g/mol. The van der Waals surface area contributed by atoms with E-state index in [-0.39, 0.29) is 11.6 Å². The maximum Gasteiger partial charge on any atom is 0.0576 e. The summed E-state index contributed by atoms with van der Waals surface area (Å²) in [6.45, 7) is 0. The van der Waals surface area contributed by atoms with Crippen LogP contribution in [0.25, 0.3) is 0 Å². The Morgan fingerprint density at radius 3 is 2.50 bits per heavy atom. The van der Waals surface area contributed by atoms with Gasteiger partial charge in [0.1, 0.15) is 0 Å². The van der Waals surface area contributed by atoms with Crippen molar-refractivity contribution in [2.75, 3.05) is 0 Å². The summed E-state index contributed by atoms with van der Waals surface area (Å²) in [7, 11) is 0. The molecular weight excluding hydrogens is 222 g/mol. The van der Waals surface area contributed by atoms with Crippen LogP contribution in [-0.2, 0) is 0 Å². The Morgan fingerprint density at radius 1 is 1.06 bits per heavy atom. The SMILES string of the molecule is O[C@@H]1C[C@@H](c2ccccc2)NC2(CCCCC2)C1. The molecule has 1 aliphatic carbocycles. The molecule has 1 saturated carbocycles. The van der Waals surface area contributed by atoms with Gasteiger partial charge in [0.05, 0.1) is 6.10 Å². The van der Waals surface area contributed by atoms with Crippen LogP contribution in [0.15, 0.2) is 30.3 Å². The Morgan fingerprint density at radius 2 is 1.78 bits per heavy atom. The van der Waals surface area contributed by atoms with Crippen LogP contribution >= 0.6 is 0 Å². The Bertz CT molecular complexity index is 383. The standard InChI is InChI=1S/C16H23NO/c18-14-11-15(13-7-3-1-4-8-13)17-16(12-14)9-5-2-6-10-16/h1,3-4,7-8,14-15,17-18H,2,5-6,9-12H2/t14-,15+/m1/s1.